The van der Waals surface area contributed by atoms with E-state index in [2.05, 4.69) is 17.6 Å². The van der Waals surface area contributed by atoms with Crippen molar-refractivity contribution in [1.29, 1.82) is 0 Å². The molecular formula is C19H22N2O5. The van der Waals surface area contributed by atoms with Crippen LogP contribution in [0.2, 0.25) is 0 Å². The second-order valence-corrected chi connectivity index (χ2v) is 6.63. The summed E-state index contributed by atoms with van der Waals surface area (Å²) in [4.78, 5) is 35.1. The predicted molar refractivity (Wildman–Crippen MR) is 96.1 cm³/mol. The number of hydrogen-bond acceptors (Lipinski definition) is 5. The normalized spacial score (nSPS) is 19.7. The monoisotopic (exact) mass is 358 g/mol. The summed E-state index contributed by atoms with van der Waals surface area (Å²) in [5, 5.41) is 5.88. The van der Waals surface area contributed by atoms with Crippen LogP contribution < -0.4 is 21.0 Å². The molecular weight excluding hydrogens is 336 g/mol. The molecule has 1 saturated carbocycles. The average Bonchev–Trinajstić information content (AvgIpc) is 2.61. The molecule has 1 aliphatic rings. The number of rotatable bonds is 4. The minimum Gasteiger partial charge on any atom is -0.484 e. The van der Waals surface area contributed by atoms with Crippen molar-refractivity contribution < 1.29 is 18.7 Å². The van der Waals surface area contributed by atoms with Gasteiger partial charge in [-0.15, -0.1) is 0 Å². The summed E-state index contributed by atoms with van der Waals surface area (Å²) in [5.74, 6) is 0.247. The SMILES string of the molecule is CC1CCCCC1NC(=O)NC(=O)COc1ccc2ccc(=O)oc2c1. The van der Waals surface area contributed by atoms with Gasteiger partial charge >= 0.3 is 11.7 Å². The van der Waals surface area contributed by atoms with E-state index < -0.39 is 17.6 Å². The smallest absolute Gasteiger partial charge is 0.336 e. The number of nitrogens with one attached hydrogen (secondary N) is 2. The molecule has 1 heterocycles. The molecule has 0 aliphatic heterocycles. The lowest BCUT2D eigenvalue weighted by Crippen LogP contribution is -2.48. The van der Waals surface area contributed by atoms with Crippen LogP contribution in [-0.4, -0.2) is 24.6 Å². The Labute approximate surface area is 150 Å². The Kier molecular flexibility index (Phi) is 5.55. The molecule has 1 aromatic heterocycles. The number of urea groups is 1. The molecule has 2 atom stereocenters. The first kappa shape index (κ1) is 18.0. The van der Waals surface area contributed by atoms with Crippen molar-refractivity contribution in [2.45, 2.75) is 38.6 Å². The van der Waals surface area contributed by atoms with Gasteiger partial charge in [-0.25, -0.2) is 9.59 Å². The van der Waals surface area contributed by atoms with Gasteiger partial charge in [-0.2, -0.15) is 0 Å². The maximum absolute atomic E-state index is 11.9. The summed E-state index contributed by atoms with van der Waals surface area (Å²) < 4.78 is 10.4. The molecule has 7 nitrogen and oxygen atoms in total. The number of carbonyl (C=O) groups excluding carboxylic acids is 2. The van der Waals surface area contributed by atoms with Crippen LogP contribution in [0.4, 0.5) is 4.79 Å². The van der Waals surface area contributed by atoms with Gasteiger partial charge in [0, 0.05) is 23.6 Å². The highest BCUT2D eigenvalue weighted by atomic mass is 16.5. The van der Waals surface area contributed by atoms with Crippen molar-refractivity contribution in [2.75, 3.05) is 6.61 Å². The quantitative estimate of drug-likeness (QED) is 0.819. The fourth-order valence-corrected chi connectivity index (χ4v) is 3.18. The Hall–Kier alpha value is -2.83. The van der Waals surface area contributed by atoms with E-state index in [4.69, 9.17) is 9.15 Å². The first-order chi connectivity index (χ1) is 12.5. The topological polar surface area (TPSA) is 97.6 Å². The minimum atomic E-state index is -0.541. The molecule has 7 heteroatoms. The van der Waals surface area contributed by atoms with Crippen molar-refractivity contribution >= 4 is 22.9 Å². The van der Waals surface area contributed by atoms with Crippen LogP contribution in [-0.2, 0) is 4.79 Å². The molecule has 0 radical (unpaired) electrons. The van der Waals surface area contributed by atoms with E-state index in [0.29, 0.717) is 17.3 Å². The zero-order valence-electron chi connectivity index (χ0n) is 14.6. The van der Waals surface area contributed by atoms with Crippen LogP contribution in [0, 0.1) is 5.92 Å². The molecule has 3 amide bonds. The van der Waals surface area contributed by atoms with E-state index in [1.165, 1.54) is 18.6 Å². The van der Waals surface area contributed by atoms with Crippen LogP contribution in [0.25, 0.3) is 11.0 Å². The maximum atomic E-state index is 11.9. The first-order valence-electron chi connectivity index (χ1n) is 8.78. The van der Waals surface area contributed by atoms with Gasteiger partial charge in [0.05, 0.1) is 0 Å². The Bertz CT molecular complexity index is 860. The summed E-state index contributed by atoms with van der Waals surface area (Å²) in [7, 11) is 0. The van der Waals surface area contributed by atoms with Gasteiger partial charge in [-0.1, -0.05) is 19.8 Å². The molecule has 0 spiro atoms. The largest absolute Gasteiger partial charge is 0.484 e. The number of benzene rings is 1. The second-order valence-electron chi connectivity index (χ2n) is 6.63. The molecule has 1 aromatic carbocycles. The molecule has 3 rings (SSSR count). The van der Waals surface area contributed by atoms with Crippen LogP contribution in [0.15, 0.2) is 39.5 Å². The Balaban J connectivity index is 1.50. The van der Waals surface area contributed by atoms with Crippen LogP contribution in [0.3, 0.4) is 0 Å². The zero-order valence-corrected chi connectivity index (χ0v) is 14.6. The van der Waals surface area contributed by atoms with Gasteiger partial charge in [0.2, 0.25) is 0 Å². The average molecular weight is 358 g/mol. The molecule has 2 N–H and O–H groups in total. The van der Waals surface area contributed by atoms with Crippen LogP contribution in [0.5, 0.6) is 5.75 Å². The molecule has 2 aromatic rings. The summed E-state index contributed by atoms with van der Waals surface area (Å²) in [5.41, 5.74) is -0.0829. The third-order valence-corrected chi connectivity index (χ3v) is 4.65. The first-order valence-corrected chi connectivity index (χ1v) is 8.78. The van der Waals surface area contributed by atoms with E-state index in [9.17, 15) is 14.4 Å². The molecule has 0 bridgehead atoms. The van der Waals surface area contributed by atoms with Gasteiger partial charge in [0.1, 0.15) is 11.3 Å². The third kappa shape index (κ3) is 4.62. The Morgan fingerprint density at radius 2 is 1.96 bits per heavy atom. The number of imide groups is 1. The molecule has 1 aliphatic carbocycles. The highest BCUT2D eigenvalue weighted by Crippen LogP contribution is 2.23. The lowest BCUT2D eigenvalue weighted by Gasteiger charge is -2.29. The molecule has 1 fully saturated rings. The third-order valence-electron chi connectivity index (χ3n) is 4.65. The van der Waals surface area contributed by atoms with Crippen molar-refractivity contribution in [3.8, 4) is 5.75 Å². The highest BCUT2D eigenvalue weighted by molar-refractivity contribution is 5.95. The van der Waals surface area contributed by atoms with Gasteiger partial charge in [0.25, 0.3) is 5.91 Å². The number of fused-ring (bicyclic) bond motifs is 1. The van der Waals surface area contributed by atoms with E-state index in [1.807, 2.05) is 0 Å². The fraction of sp³-hybridized carbons (Fsp3) is 0.421. The van der Waals surface area contributed by atoms with Crippen LogP contribution >= 0.6 is 0 Å². The van der Waals surface area contributed by atoms with E-state index in [1.54, 1.807) is 18.2 Å². The van der Waals surface area contributed by atoms with Gasteiger partial charge in [0.15, 0.2) is 6.61 Å². The lowest BCUT2D eigenvalue weighted by atomic mass is 9.86. The van der Waals surface area contributed by atoms with Crippen molar-refractivity contribution in [3.05, 3.63) is 40.8 Å². The number of carbonyl (C=O) groups is 2. The second kappa shape index (κ2) is 8.03. The van der Waals surface area contributed by atoms with Gasteiger partial charge in [-0.3, -0.25) is 10.1 Å². The number of hydrogen-bond donors (Lipinski definition) is 2. The molecule has 2 unspecified atom stereocenters. The van der Waals surface area contributed by atoms with Crippen molar-refractivity contribution in [3.63, 3.8) is 0 Å². The summed E-state index contributed by atoms with van der Waals surface area (Å²) in [6.45, 7) is 1.79. The standard InChI is InChI=1S/C19H22N2O5/c1-12-4-2-3-5-15(12)20-19(24)21-17(22)11-25-14-8-6-13-7-9-18(23)26-16(13)10-14/h6-10,12,15H,2-5,11H2,1H3,(H2,20,21,22,24). The highest BCUT2D eigenvalue weighted by Gasteiger charge is 2.23. The summed E-state index contributed by atoms with van der Waals surface area (Å²) in [6, 6.07) is 7.51. The maximum Gasteiger partial charge on any atom is 0.336 e. The lowest BCUT2D eigenvalue weighted by molar-refractivity contribution is -0.122. The van der Waals surface area contributed by atoms with E-state index in [0.717, 1.165) is 24.6 Å². The Morgan fingerprint density at radius 3 is 2.77 bits per heavy atom. The van der Waals surface area contributed by atoms with Crippen molar-refractivity contribution in [2.24, 2.45) is 5.92 Å². The summed E-state index contributed by atoms with van der Waals surface area (Å²) in [6.07, 6.45) is 4.28. The van der Waals surface area contributed by atoms with Gasteiger partial charge in [-0.05, 0) is 37.0 Å². The van der Waals surface area contributed by atoms with Gasteiger partial charge < -0.3 is 14.5 Å². The Morgan fingerprint density at radius 1 is 1.19 bits per heavy atom. The van der Waals surface area contributed by atoms with Crippen molar-refractivity contribution in [1.82, 2.24) is 10.6 Å². The van der Waals surface area contributed by atoms with E-state index >= 15 is 0 Å². The fourth-order valence-electron chi connectivity index (χ4n) is 3.18. The minimum absolute atomic E-state index is 0.0980. The molecule has 138 valence electrons. The van der Waals surface area contributed by atoms with E-state index in [-0.39, 0.29) is 12.6 Å². The predicted octanol–water partition coefficient (Wildman–Crippen LogP) is 2.58. The van der Waals surface area contributed by atoms with Crippen LogP contribution in [0.1, 0.15) is 32.6 Å². The number of amides is 3. The zero-order chi connectivity index (χ0) is 18.5. The molecule has 26 heavy (non-hydrogen) atoms. The molecule has 0 saturated heterocycles. The summed E-state index contributed by atoms with van der Waals surface area (Å²) >= 11 is 0. The number of ether oxygens (including phenoxy) is 1.